The van der Waals surface area contributed by atoms with Crippen LogP contribution < -0.4 is 0 Å². The van der Waals surface area contributed by atoms with E-state index >= 15 is 0 Å². The topological polar surface area (TPSA) is 213 Å². The Morgan fingerprint density at radius 1 is 0.258 bits per heavy atom. The molecule has 0 aliphatic carbocycles. The van der Waals surface area contributed by atoms with Crippen molar-refractivity contribution in [1.82, 2.24) is 0 Å². The molecule has 0 radical (unpaired) electrons. The third-order valence-electron chi connectivity index (χ3n) is 2.67. The second-order valence-electron chi connectivity index (χ2n) is 6.38. The average Bonchev–Trinajstić information content (AvgIpc) is 3.26. The first kappa shape index (κ1) is 144. The van der Waals surface area contributed by atoms with Gasteiger partial charge in [-0.05, 0) is 0 Å². The molecule has 0 amide bonds. The first-order valence-electron chi connectivity index (χ1n) is 17.3. The fraction of sp³-hybridized carbons (Fsp3) is 0.400. The maximum Gasteiger partial charge on any atom is 0.194 e. The molecule has 4 rings (SSSR count). The number of aliphatic hydroxyl groups is 2. The number of hydrogen-bond acceptors (Lipinski definition) is 10. The molecule has 26 heteroatoms. The van der Waals surface area contributed by atoms with E-state index in [4.69, 9.17) is 50.7 Å². The van der Waals surface area contributed by atoms with Crippen LogP contribution in [0.15, 0.2) is 146 Å². The summed E-state index contributed by atoms with van der Waals surface area (Å²) in [5.41, 5.74) is 0. The van der Waals surface area contributed by atoms with Gasteiger partial charge >= 0.3 is 0 Å². The van der Waals surface area contributed by atoms with Crippen LogP contribution in [0.4, 0.5) is 0 Å². The van der Waals surface area contributed by atoms with E-state index in [9.17, 15) is 0 Å². The second kappa shape index (κ2) is 203. The van der Waals surface area contributed by atoms with Crippen molar-refractivity contribution < 1.29 is 198 Å². The van der Waals surface area contributed by atoms with Gasteiger partial charge in [0.2, 0.25) is 0 Å². The molecule has 0 spiro atoms. The molecule has 4 unspecified atom stereocenters. The van der Waals surface area contributed by atoms with Crippen LogP contribution in [0.5, 0.6) is 0 Å². The first-order valence-corrected chi connectivity index (χ1v) is 19.6. The number of nitrogens with zero attached hydrogens (tertiary/aromatic N) is 4. The zero-order chi connectivity index (χ0) is 47.3. The van der Waals surface area contributed by atoms with Gasteiger partial charge in [-0.3, -0.25) is 40.5 Å². The summed E-state index contributed by atoms with van der Waals surface area (Å²) in [5, 5.41) is 49.2. The predicted octanol–water partition coefficient (Wildman–Crippen LogP) is 10.7. The van der Waals surface area contributed by atoms with Crippen LogP contribution in [-0.2, 0) is 169 Å². The summed E-state index contributed by atoms with van der Waals surface area (Å²) in [5.74, 6) is 0. The summed E-state index contributed by atoms with van der Waals surface area (Å²) < 4.78 is 0. The molecular formula is C40H84N4O10P4W8. The fourth-order valence-corrected chi connectivity index (χ4v) is 1.54. The normalized spacial score (nSPS) is 5.15. The molecule has 4 aromatic rings. The minimum absolute atomic E-state index is 0. The van der Waals surface area contributed by atoms with Crippen LogP contribution >= 0.6 is 38.3 Å². The van der Waals surface area contributed by atoms with Gasteiger partial charge in [0.25, 0.3) is 0 Å². The summed E-state index contributed by atoms with van der Waals surface area (Å²) >= 11 is 0. The molecule has 0 aliphatic rings. The van der Waals surface area contributed by atoms with Crippen molar-refractivity contribution in [3.8, 4) is 0 Å². The Hall–Kier alpha value is 1.63. The van der Waals surface area contributed by atoms with Gasteiger partial charge in [0.1, 0.15) is 0 Å². The molecule has 14 nitrogen and oxygen atoms in total. The molecule has 0 heterocycles. The number of nitro groups is 4. The Morgan fingerprint density at radius 3 is 0.288 bits per heavy atom. The molecule has 392 valence electrons. The molecule has 0 aromatic heterocycles. The van der Waals surface area contributed by atoms with Gasteiger partial charge in [-0.15, -0.1) is 18.5 Å². The summed E-state index contributed by atoms with van der Waals surface area (Å²) in [6.07, 6.45) is 0. The van der Waals surface area contributed by atoms with Crippen molar-refractivity contribution in [2.24, 2.45) is 0 Å². The first-order chi connectivity index (χ1) is 26.9. The second-order valence-corrected chi connectivity index (χ2v) is 6.38. The van der Waals surface area contributed by atoms with Gasteiger partial charge in [-0.1, -0.05) is 214 Å². The van der Waals surface area contributed by atoms with Crippen LogP contribution in [0.2, 0.25) is 0 Å². The van der Waals surface area contributed by atoms with Crippen LogP contribution in [0.25, 0.3) is 0 Å². The Balaban J connectivity index is -0.0000000158. The van der Waals surface area contributed by atoms with Crippen LogP contribution in [0.3, 0.4) is 0 Å². The zero-order valence-electron chi connectivity index (χ0n) is 41.6. The van der Waals surface area contributed by atoms with E-state index < -0.39 is 19.7 Å². The molecule has 0 saturated heterocycles. The summed E-state index contributed by atoms with van der Waals surface area (Å²) in [7, 11) is 10.4. The number of aliphatic hydroxyl groups excluding tert-OH is 2. The predicted molar refractivity (Wildman–Crippen MR) is 273 cm³/mol. The van der Waals surface area contributed by atoms with Crippen molar-refractivity contribution in [3.63, 3.8) is 0 Å². The van der Waals surface area contributed by atoms with Crippen molar-refractivity contribution in [2.45, 2.75) is 55.4 Å². The van der Waals surface area contributed by atoms with Gasteiger partial charge in [0.05, 0.1) is 0 Å². The molecule has 0 bridgehead atoms. The van der Waals surface area contributed by atoms with Gasteiger partial charge in [0, 0.05) is 202 Å². The van der Waals surface area contributed by atoms with Gasteiger partial charge in [-0.2, -0.15) is 19.8 Å². The van der Waals surface area contributed by atoms with E-state index in [1.54, 1.807) is 0 Å². The molecule has 4 aromatic carbocycles. The van der Waals surface area contributed by atoms with Crippen LogP contribution in [0, 0.1) is 40.5 Å². The molecule has 0 fully saturated rings. The Kier molecular flexibility index (Phi) is 443. The molecular weight excluding hydrogens is 2290 g/mol. The zero-order valence-corrected chi connectivity index (χ0v) is 70.2. The van der Waals surface area contributed by atoms with E-state index in [2.05, 4.69) is 18.5 Å². The summed E-state index contributed by atoms with van der Waals surface area (Å²) in [6.45, 7) is 19.8. The quantitative estimate of drug-likeness (QED) is 0.0965. The van der Waals surface area contributed by atoms with Crippen molar-refractivity contribution in [2.75, 3.05) is 55.7 Å². The average molecular weight is 2380 g/mol. The minimum atomic E-state index is -0.500. The van der Waals surface area contributed by atoms with E-state index in [-0.39, 0.29) is 188 Å². The standard InChI is InChI=1S/4C6H6.4C2H6.4CH3NO2.2CH4O.2CH5P.2H3P.8W/c4*1-2-4-6-5-3-1;4*1-2;4*1-2(3)4;4*1-2;;;;;;;;;;/h4*1-6H;4*1-2H3;4*1H3;2*2H,1H3;2*2H2,1H3;2*1H3;;;;;;;;. The third kappa shape index (κ3) is 417. The molecule has 66 heavy (non-hydrogen) atoms. The van der Waals surface area contributed by atoms with Crippen molar-refractivity contribution in [1.29, 1.82) is 0 Å². The van der Waals surface area contributed by atoms with Gasteiger partial charge in [0.15, 0.2) is 28.2 Å². The van der Waals surface area contributed by atoms with Crippen molar-refractivity contribution >= 4 is 38.3 Å². The molecule has 0 saturated carbocycles. The maximum absolute atomic E-state index is 8.81. The van der Waals surface area contributed by atoms with E-state index in [0.717, 1.165) is 42.4 Å². The maximum atomic E-state index is 8.81. The van der Waals surface area contributed by atoms with Crippen LogP contribution in [-0.4, -0.2) is 85.6 Å². The number of rotatable bonds is 0. The summed E-state index contributed by atoms with van der Waals surface area (Å²) in [6, 6.07) is 48.0. The van der Waals surface area contributed by atoms with E-state index in [1.165, 1.54) is 0 Å². The number of hydrogen-bond donors (Lipinski definition) is 2. The molecule has 4 atom stereocenters. The third-order valence-corrected chi connectivity index (χ3v) is 2.67. The molecule has 0 aliphatic heterocycles. The SMILES string of the molecule is CC.CC.CC.CC.CO.CO.CP.CP.C[N+](=O)[O-].C[N+](=O)[O-].C[N+](=O)[O-].C[N+](=O)[O-].P.P.[W].[W].[W].[W].[W].[W].[W].[W].c1ccccc1.c1ccccc1.c1ccccc1.c1ccccc1. The monoisotopic (exact) mass is 2380 g/mol. The Morgan fingerprint density at radius 2 is 0.273 bits per heavy atom. The van der Waals surface area contributed by atoms with Crippen molar-refractivity contribution in [3.05, 3.63) is 186 Å². The Labute approximate surface area is 527 Å². The van der Waals surface area contributed by atoms with Crippen LogP contribution in [0.1, 0.15) is 55.4 Å². The number of benzene rings is 4. The Bertz CT molecular complexity index is 815. The smallest absolute Gasteiger partial charge is 0.194 e. The van der Waals surface area contributed by atoms with E-state index in [1.807, 2.05) is 214 Å². The summed E-state index contributed by atoms with van der Waals surface area (Å²) in [4.78, 5) is 33.2. The minimum Gasteiger partial charge on any atom is -0.400 e. The van der Waals surface area contributed by atoms with Gasteiger partial charge < -0.3 is 10.2 Å². The van der Waals surface area contributed by atoms with Gasteiger partial charge in [-0.25, -0.2) is 0 Å². The van der Waals surface area contributed by atoms with E-state index in [0.29, 0.717) is 0 Å². The largest absolute Gasteiger partial charge is 0.400 e. The fourth-order valence-electron chi connectivity index (χ4n) is 1.54. The molecule has 2 N–H and O–H groups in total.